The van der Waals surface area contributed by atoms with Crippen molar-refractivity contribution in [3.05, 3.63) is 55.7 Å². The van der Waals surface area contributed by atoms with E-state index in [2.05, 4.69) is 21.2 Å². The van der Waals surface area contributed by atoms with Crippen molar-refractivity contribution in [2.24, 2.45) is 0 Å². The van der Waals surface area contributed by atoms with Crippen molar-refractivity contribution in [3.63, 3.8) is 0 Å². The molecule has 0 unspecified atom stereocenters. The molecule has 0 aliphatic rings. The van der Waals surface area contributed by atoms with Crippen molar-refractivity contribution in [2.45, 2.75) is 33.2 Å². The predicted molar refractivity (Wildman–Crippen MR) is 99.4 cm³/mol. The van der Waals surface area contributed by atoms with Crippen LogP contribution in [-0.4, -0.2) is 18.5 Å². The number of carbonyl (C=O) groups is 2. The quantitative estimate of drug-likeness (QED) is 0.711. The largest absolute Gasteiger partial charge is 0.452 e. The number of amides is 1. The molecule has 0 saturated carbocycles. The molecule has 2 aromatic rings. The van der Waals surface area contributed by atoms with Crippen LogP contribution in [0.5, 0.6) is 0 Å². The Morgan fingerprint density at radius 1 is 1.25 bits per heavy atom. The fraction of sp³-hybridized carbons (Fsp3) is 0.333. The Hall–Kier alpha value is -1.66. The van der Waals surface area contributed by atoms with Crippen LogP contribution in [0.2, 0.25) is 0 Å². The number of hydrogen-bond donors (Lipinski definition) is 1. The normalized spacial score (nSPS) is 11.8. The van der Waals surface area contributed by atoms with Crippen molar-refractivity contribution in [3.8, 4) is 0 Å². The molecule has 128 valence electrons. The van der Waals surface area contributed by atoms with Crippen LogP contribution in [0.3, 0.4) is 0 Å². The first-order chi connectivity index (χ1) is 11.4. The van der Waals surface area contributed by atoms with E-state index in [1.54, 1.807) is 6.07 Å². The van der Waals surface area contributed by atoms with E-state index in [1.807, 2.05) is 45.0 Å². The first-order valence-electron chi connectivity index (χ1n) is 7.69. The average Bonchev–Trinajstić information content (AvgIpc) is 2.90. The van der Waals surface area contributed by atoms with Gasteiger partial charge < -0.3 is 10.1 Å². The van der Waals surface area contributed by atoms with Crippen molar-refractivity contribution >= 4 is 39.1 Å². The highest BCUT2D eigenvalue weighted by molar-refractivity contribution is 9.10. The third-order valence-electron chi connectivity index (χ3n) is 3.61. The fourth-order valence-electron chi connectivity index (χ4n) is 2.39. The number of nitrogens with one attached hydrogen (secondary N) is 1. The molecule has 1 N–H and O–H groups in total. The Balaban J connectivity index is 1.91. The summed E-state index contributed by atoms with van der Waals surface area (Å²) in [5, 5.41) is 2.90. The first kappa shape index (κ1) is 18.7. The van der Waals surface area contributed by atoms with Crippen molar-refractivity contribution in [2.75, 3.05) is 6.61 Å². The maximum Gasteiger partial charge on any atom is 0.339 e. The molecule has 1 heterocycles. The van der Waals surface area contributed by atoms with Crippen molar-refractivity contribution in [1.82, 2.24) is 5.32 Å². The highest BCUT2D eigenvalue weighted by Crippen LogP contribution is 2.21. The zero-order valence-corrected chi connectivity index (χ0v) is 16.3. The molecule has 0 saturated heterocycles. The number of ether oxygens (including phenoxy) is 1. The van der Waals surface area contributed by atoms with E-state index in [0.29, 0.717) is 5.56 Å². The number of esters is 1. The summed E-state index contributed by atoms with van der Waals surface area (Å²) in [7, 11) is 0. The summed E-state index contributed by atoms with van der Waals surface area (Å²) in [6, 6.07) is 9.48. The Labute approximate surface area is 154 Å². The summed E-state index contributed by atoms with van der Waals surface area (Å²) in [6.07, 6.45) is 0.754. The molecule has 24 heavy (non-hydrogen) atoms. The van der Waals surface area contributed by atoms with Gasteiger partial charge in [-0.3, -0.25) is 4.79 Å². The lowest BCUT2D eigenvalue weighted by atomic mass is 10.0. The molecule has 2 rings (SSSR count). The average molecular weight is 410 g/mol. The van der Waals surface area contributed by atoms with E-state index in [-0.39, 0.29) is 18.6 Å². The van der Waals surface area contributed by atoms with Crippen LogP contribution in [0.4, 0.5) is 0 Å². The smallest absolute Gasteiger partial charge is 0.339 e. The molecule has 0 bridgehead atoms. The summed E-state index contributed by atoms with van der Waals surface area (Å²) < 4.78 is 6.12. The molecular formula is C18H20BrNO3S. The van der Waals surface area contributed by atoms with Gasteiger partial charge in [-0.05, 0) is 44.0 Å². The van der Waals surface area contributed by atoms with Crippen LogP contribution in [0, 0.1) is 13.8 Å². The molecule has 1 aromatic carbocycles. The van der Waals surface area contributed by atoms with Gasteiger partial charge in [-0.1, -0.05) is 35.0 Å². The van der Waals surface area contributed by atoms with Gasteiger partial charge in [-0.15, -0.1) is 11.3 Å². The molecule has 6 heteroatoms. The molecule has 0 radical (unpaired) electrons. The number of benzene rings is 1. The molecular weight excluding hydrogens is 390 g/mol. The molecule has 1 aromatic heterocycles. The molecule has 0 spiro atoms. The first-order valence-corrected chi connectivity index (χ1v) is 9.30. The van der Waals surface area contributed by atoms with Crippen LogP contribution >= 0.6 is 27.3 Å². The standard InChI is InChI=1S/C18H20BrNO3S/c1-4-16(13-5-7-14(19)8-6-13)20-17(21)10-23-18(22)15-9-11(2)24-12(15)3/h5-9,16H,4,10H2,1-3H3,(H,20,21)/t16-/m1/s1. The topological polar surface area (TPSA) is 55.4 Å². The van der Waals surface area contributed by atoms with Gasteiger partial charge in [0.05, 0.1) is 11.6 Å². The second-order valence-corrected chi connectivity index (χ2v) is 7.86. The maximum absolute atomic E-state index is 12.1. The second-order valence-electron chi connectivity index (χ2n) is 5.48. The van der Waals surface area contributed by atoms with Crippen LogP contribution in [0.1, 0.15) is 45.1 Å². The van der Waals surface area contributed by atoms with Crippen LogP contribution < -0.4 is 5.32 Å². The Bertz CT molecular complexity index is 724. The fourth-order valence-corrected chi connectivity index (χ4v) is 3.57. The van der Waals surface area contributed by atoms with E-state index in [0.717, 1.165) is 26.2 Å². The minimum Gasteiger partial charge on any atom is -0.452 e. The zero-order chi connectivity index (χ0) is 17.7. The summed E-state index contributed by atoms with van der Waals surface area (Å²) in [5.74, 6) is -0.758. The third kappa shape index (κ3) is 4.92. The molecule has 4 nitrogen and oxygen atoms in total. The van der Waals surface area contributed by atoms with E-state index >= 15 is 0 Å². The summed E-state index contributed by atoms with van der Waals surface area (Å²) >= 11 is 4.93. The molecule has 1 amide bonds. The monoisotopic (exact) mass is 409 g/mol. The van der Waals surface area contributed by atoms with Gasteiger partial charge in [0.1, 0.15) is 0 Å². The highest BCUT2D eigenvalue weighted by Gasteiger charge is 2.17. The second kappa shape index (κ2) is 8.44. The minimum absolute atomic E-state index is 0.102. The van der Waals surface area contributed by atoms with Gasteiger partial charge in [-0.25, -0.2) is 4.79 Å². The lowest BCUT2D eigenvalue weighted by Gasteiger charge is -2.17. The number of carbonyl (C=O) groups excluding carboxylic acids is 2. The summed E-state index contributed by atoms with van der Waals surface area (Å²) in [5.41, 5.74) is 1.55. The molecule has 0 fully saturated rings. The van der Waals surface area contributed by atoms with E-state index in [1.165, 1.54) is 11.3 Å². The van der Waals surface area contributed by atoms with Crippen LogP contribution in [0.25, 0.3) is 0 Å². The van der Waals surface area contributed by atoms with E-state index in [4.69, 9.17) is 4.74 Å². The SMILES string of the molecule is CC[C@@H](NC(=O)COC(=O)c1cc(C)sc1C)c1ccc(Br)cc1. The number of halogens is 1. The Kier molecular flexibility index (Phi) is 6.57. The van der Waals surface area contributed by atoms with Gasteiger partial charge in [0.2, 0.25) is 0 Å². The van der Waals surface area contributed by atoms with E-state index < -0.39 is 5.97 Å². The van der Waals surface area contributed by atoms with Gasteiger partial charge in [0.15, 0.2) is 6.61 Å². The lowest BCUT2D eigenvalue weighted by molar-refractivity contribution is -0.125. The molecule has 0 aliphatic carbocycles. The Morgan fingerprint density at radius 2 is 1.92 bits per heavy atom. The Morgan fingerprint density at radius 3 is 2.46 bits per heavy atom. The minimum atomic E-state index is -0.455. The maximum atomic E-state index is 12.1. The third-order valence-corrected chi connectivity index (χ3v) is 5.11. The molecule has 1 atom stereocenters. The zero-order valence-electron chi connectivity index (χ0n) is 13.9. The highest BCUT2D eigenvalue weighted by atomic mass is 79.9. The number of thiophene rings is 1. The lowest BCUT2D eigenvalue weighted by Crippen LogP contribution is -2.32. The van der Waals surface area contributed by atoms with Crippen molar-refractivity contribution < 1.29 is 14.3 Å². The van der Waals surface area contributed by atoms with Gasteiger partial charge in [-0.2, -0.15) is 0 Å². The van der Waals surface area contributed by atoms with Gasteiger partial charge in [0, 0.05) is 14.2 Å². The number of aryl methyl sites for hydroxylation is 2. The number of rotatable bonds is 6. The van der Waals surface area contributed by atoms with Crippen molar-refractivity contribution in [1.29, 1.82) is 0 Å². The summed E-state index contributed by atoms with van der Waals surface area (Å²) in [6.45, 7) is 5.52. The van der Waals surface area contributed by atoms with Crippen LogP contribution in [-0.2, 0) is 9.53 Å². The van der Waals surface area contributed by atoms with Gasteiger partial charge >= 0.3 is 5.97 Å². The predicted octanol–water partition coefficient (Wildman–Crippen LogP) is 4.55. The number of hydrogen-bond acceptors (Lipinski definition) is 4. The van der Waals surface area contributed by atoms with Crippen LogP contribution in [0.15, 0.2) is 34.8 Å². The molecule has 0 aliphatic heterocycles. The van der Waals surface area contributed by atoms with E-state index in [9.17, 15) is 9.59 Å². The van der Waals surface area contributed by atoms with Gasteiger partial charge in [0.25, 0.3) is 5.91 Å². The summed E-state index contributed by atoms with van der Waals surface area (Å²) in [4.78, 5) is 26.1.